The zero-order valence-electron chi connectivity index (χ0n) is 10.4. The molecule has 0 aliphatic heterocycles. The van der Waals surface area contributed by atoms with Gasteiger partial charge in [-0.1, -0.05) is 28.7 Å². The molecule has 1 N–H and O–H groups in total. The van der Waals surface area contributed by atoms with Crippen LogP contribution >= 0.6 is 0 Å². The molecular weight excluding hydrogens is 213 g/mol. The van der Waals surface area contributed by atoms with Gasteiger partial charge in [0, 0.05) is 0 Å². The average Bonchev–Trinajstić information content (AvgIpc) is 2.28. The van der Waals surface area contributed by atoms with Gasteiger partial charge in [0.25, 0.3) is 0 Å². The maximum absolute atomic E-state index is 11.3. The van der Waals surface area contributed by atoms with E-state index in [4.69, 9.17) is 7.85 Å². The molecule has 1 rings (SSSR count). The Balaban J connectivity index is 2.97. The number of amides is 1. The second-order valence-corrected chi connectivity index (χ2v) is 4.23. The van der Waals surface area contributed by atoms with E-state index in [2.05, 4.69) is 5.32 Å². The van der Waals surface area contributed by atoms with Crippen molar-refractivity contribution in [3.8, 4) is 0 Å². The molecule has 0 spiro atoms. The summed E-state index contributed by atoms with van der Waals surface area (Å²) in [7, 11) is 5.93. The number of benzene rings is 1. The Labute approximate surface area is 103 Å². The van der Waals surface area contributed by atoms with Crippen LogP contribution in [0.3, 0.4) is 0 Å². The van der Waals surface area contributed by atoms with Gasteiger partial charge in [-0.25, -0.2) is 0 Å². The highest BCUT2D eigenvalue weighted by Crippen LogP contribution is 2.10. The van der Waals surface area contributed by atoms with Crippen LogP contribution in [0.4, 0.5) is 0 Å². The first kappa shape index (κ1) is 13.5. The highest BCUT2D eigenvalue weighted by atomic mass is 16.1. The van der Waals surface area contributed by atoms with Gasteiger partial charge in [-0.05, 0) is 32.8 Å². The smallest absolute Gasteiger partial charge is 0.207 e. The number of nitrogens with one attached hydrogen (secondary N) is 1. The van der Waals surface area contributed by atoms with Crippen LogP contribution in [0.25, 0.3) is 0 Å². The van der Waals surface area contributed by atoms with E-state index in [1.807, 2.05) is 26.0 Å². The first-order valence-electron chi connectivity index (χ1n) is 5.52. The van der Waals surface area contributed by atoms with Gasteiger partial charge in [0.2, 0.25) is 6.41 Å². The third-order valence-electron chi connectivity index (χ3n) is 3.03. The van der Waals surface area contributed by atoms with Crippen LogP contribution in [-0.4, -0.2) is 26.1 Å². The van der Waals surface area contributed by atoms with Crippen molar-refractivity contribution >= 4 is 25.5 Å². The van der Waals surface area contributed by atoms with Crippen molar-refractivity contribution in [1.29, 1.82) is 0 Å². The second-order valence-electron chi connectivity index (χ2n) is 4.23. The highest BCUT2D eigenvalue weighted by molar-refractivity contribution is 6.34. The van der Waals surface area contributed by atoms with Gasteiger partial charge in [0.15, 0.2) is 5.78 Å². The Hall–Kier alpha value is -1.58. The van der Waals surface area contributed by atoms with E-state index in [0.717, 1.165) is 22.2 Å². The Morgan fingerprint density at radius 1 is 1.47 bits per heavy atom. The van der Waals surface area contributed by atoms with Crippen molar-refractivity contribution in [2.75, 3.05) is 0 Å². The molecule has 17 heavy (non-hydrogen) atoms. The number of carbonyl (C=O) groups is 2. The first-order valence-corrected chi connectivity index (χ1v) is 5.52. The molecule has 1 atom stereocenters. The molecule has 0 aliphatic rings. The predicted octanol–water partition coefficient (Wildman–Crippen LogP) is 0.343. The Morgan fingerprint density at radius 2 is 2.12 bits per heavy atom. The lowest BCUT2D eigenvalue weighted by Crippen LogP contribution is -2.36. The lowest BCUT2D eigenvalue weighted by molar-refractivity contribution is -0.121. The van der Waals surface area contributed by atoms with E-state index >= 15 is 0 Å². The summed E-state index contributed by atoms with van der Waals surface area (Å²) < 4.78 is 0. The maximum Gasteiger partial charge on any atom is 0.207 e. The fourth-order valence-corrected chi connectivity index (χ4v) is 1.75. The molecule has 88 valence electrons. The minimum absolute atomic E-state index is 0.0596. The topological polar surface area (TPSA) is 46.2 Å². The fraction of sp³-hybridized carbons (Fsp3) is 0.385. The van der Waals surface area contributed by atoms with Crippen molar-refractivity contribution in [3.05, 3.63) is 28.8 Å². The molecule has 0 saturated heterocycles. The Bertz CT molecular complexity index is 443. The number of hydrogen-bond donors (Lipinski definition) is 1. The van der Waals surface area contributed by atoms with Crippen molar-refractivity contribution in [2.24, 2.45) is 0 Å². The predicted molar refractivity (Wildman–Crippen MR) is 68.7 cm³/mol. The summed E-state index contributed by atoms with van der Waals surface area (Å²) in [6.45, 7) is 5.34. The van der Waals surface area contributed by atoms with E-state index < -0.39 is 6.04 Å². The number of rotatable bonds is 5. The molecule has 1 aromatic carbocycles. The summed E-state index contributed by atoms with van der Waals surface area (Å²) >= 11 is 0. The Kier molecular flexibility index (Phi) is 4.49. The van der Waals surface area contributed by atoms with Gasteiger partial charge < -0.3 is 5.32 Å². The molecule has 1 unspecified atom stereocenters. The molecule has 0 bridgehead atoms. The lowest BCUT2D eigenvalue weighted by Gasteiger charge is -2.16. The van der Waals surface area contributed by atoms with Crippen LogP contribution in [0.1, 0.15) is 23.6 Å². The molecule has 2 radical (unpaired) electrons. The summed E-state index contributed by atoms with van der Waals surface area (Å²) in [5.41, 5.74) is 3.73. The number of carbonyl (C=O) groups excluding carboxylic acids is 2. The molecule has 3 nitrogen and oxygen atoms in total. The summed E-state index contributed by atoms with van der Waals surface area (Å²) in [6.07, 6.45) is 1.03. The van der Waals surface area contributed by atoms with E-state index in [1.54, 1.807) is 0 Å². The number of aryl methyl sites for hydroxylation is 1. The third kappa shape index (κ3) is 3.19. The van der Waals surface area contributed by atoms with Crippen molar-refractivity contribution in [3.63, 3.8) is 0 Å². The largest absolute Gasteiger partial charge is 0.349 e. The van der Waals surface area contributed by atoms with Crippen LogP contribution in [0, 0.1) is 13.8 Å². The summed E-state index contributed by atoms with van der Waals surface area (Å²) in [5.74, 6) is -0.0596. The van der Waals surface area contributed by atoms with Crippen molar-refractivity contribution in [1.82, 2.24) is 5.32 Å². The van der Waals surface area contributed by atoms with Gasteiger partial charge in [-0.2, -0.15) is 0 Å². The monoisotopic (exact) mass is 229 g/mol. The van der Waals surface area contributed by atoms with E-state index in [1.165, 1.54) is 6.92 Å². The molecule has 0 heterocycles. The molecule has 0 aliphatic carbocycles. The van der Waals surface area contributed by atoms with Gasteiger partial charge in [0.05, 0.1) is 6.04 Å². The number of ketones is 1. The van der Waals surface area contributed by atoms with E-state index in [-0.39, 0.29) is 5.78 Å². The normalized spacial score (nSPS) is 11.9. The standard InChI is InChI=1S/C13H16BNO2/c1-8-4-5-11(9(2)13(8)14)6-12(10(3)17)15-7-16/h4-5,7,12H,6H2,1-3H3,(H,15,16). The number of Topliss-reactive ketones (excluding diaryl/α,β-unsaturated/α-hetero) is 1. The quantitative estimate of drug-likeness (QED) is 0.584. The minimum atomic E-state index is -0.478. The molecular formula is C13H16BNO2. The summed E-state index contributed by atoms with van der Waals surface area (Å²) in [6, 6.07) is 3.40. The van der Waals surface area contributed by atoms with E-state index in [0.29, 0.717) is 12.8 Å². The van der Waals surface area contributed by atoms with Crippen LogP contribution in [-0.2, 0) is 16.0 Å². The lowest BCUT2D eigenvalue weighted by atomic mass is 9.83. The highest BCUT2D eigenvalue weighted by Gasteiger charge is 2.15. The van der Waals surface area contributed by atoms with Gasteiger partial charge >= 0.3 is 0 Å². The first-order chi connectivity index (χ1) is 7.97. The van der Waals surface area contributed by atoms with Crippen molar-refractivity contribution < 1.29 is 9.59 Å². The summed E-state index contributed by atoms with van der Waals surface area (Å²) in [4.78, 5) is 21.8. The van der Waals surface area contributed by atoms with Crippen LogP contribution < -0.4 is 10.8 Å². The molecule has 4 heteroatoms. The molecule has 1 aromatic rings. The summed E-state index contributed by atoms with van der Waals surface area (Å²) in [5, 5.41) is 2.52. The minimum Gasteiger partial charge on any atom is -0.349 e. The third-order valence-corrected chi connectivity index (χ3v) is 3.03. The maximum atomic E-state index is 11.3. The van der Waals surface area contributed by atoms with Gasteiger partial charge in [-0.15, -0.1) is 0 Å². The molecule has 0 fully saturated rings. The average molecular weight is 229 g/mol. The Morgan fingerprint density at radius 3 is 2.65 bits per heavy atom. The van der Waals surface area contributed by atoms with Crippen LogP contribution in [0.2, 0.25) is 0 Å². The van der Waals surface area contributed by atoms with Gasteiger partial charge in [0.1, 0.15) is 7.85 Å². The number of hydrogen-bond acceptors (Lipinski definition) is 2. The SMILES string of the molecule is [B]c1c(C)ccc(CC(NC=O)C(C)=O)c1C. The fourth-order valence-electron chi connectivity index (χ4n) is 1.75. The van der Waals surface area contributed by atoms with Crippen LogP contribution in [0.15, 0.2) is 12.1 Å². The van der Waals surface area contributed by atoms with Crippen molar-refractivity contribution in [2.45, 2.75) is 33.2 Å². The molecule has 0 saturated carbocycles. The van der Waals surface area contributed by atoms with Gasteiger partial charge in [-0.3, -0.25) is 9.59 Å². The molecule has 0 aromatic heterocycles. The van der Waals surface area contributed by atoms with E-state index in [9.17, 15) is 9.59 Å². The van der Waals surface area contributed by atoms with Crippen LogP contribution in [0.5, 0.6) is 0 Å². The zero-order valence-corrected chi connectivity index (χ0v) is 10.4. The molecule has 1 amide bonds. The zero-order chi connectivity index (χ0) is 13.0. The second kappa shape index (κ2) is 5.66.